The van der Waals surface area contributed by atoms with Gasteiger partial charge in [-0.15, -0.1) is 0 Å². The Morgan fingerprint density at radius 2 is 1.91 bits per heavy atom. The lowest BCUT2D eigenvalue weighted by Gasteiger charge is -2.38. The summed E-state index contributed by atoms with van der Waals surface area (Å²) in [5, 5.41) is 3.99. The number of benzene rings is 1. The number of carbonyl (C=O) groups is 1. The van der Waals surface area contributed by atoms with E-state index in [9.17, 15) is 4.79 Å². The zero-order valence-electron chi connectivity index (χ0n) is 13.8. The molecule has 1 aromatic carbocycles. The predicted octanol–water partition coefficient (Wildman–Crippen LogP) is 2.91. The number of halogens is 1. The minimum atomic E-state index is -0.0443. The summed E-state index contributed by atoms with van der Waals surface area (Å²) in [6, 6.07) is 8.35. The molecule has 0 bridgehead atoms. The van der Waals surface area contributed by atoms with Gasteiger partial charge in [0.25, 0.3) is 0 Å². The van der Waals surface area contributed by atoms with E-state index < -0.39 is 0 Å². The summed E-state index contributed by atoms with van der Waals surface area (Å²) in [5.74, 6) is 0.188. The molecule has 2 fully saturated rings. The van der Waals surface area contributed by atoms with Crippen LogP contribution in [0.5, 0.6) is 0 Å². The molecule has 23 heavy (non-hydrogen) atoms. The van der Waals surface area contributed by atoms with E-state index in [1.54, 1.807) is 0 Å². The van der Waals surface area contributed by atoms with Gasteiger partial charge in [0.2, 0.25) is 5.91 Å². The molecule has 0 unspecified atom stereocenters. The molecule has 1 amide bonds. The van der Waals surface area contributed by atoms with Crippen LogP contribution in [0, 0.1) is 0 Å². The van der Waals surface area contributed by atoms with Crippen molar-refractivity contribution in [3.63, 3.8) is 0 Å². The van der Waals surface area contributed by atoms with Gasteiger partial charge in [0, 0.05) is 42.9 Å². The van der Waals surface area contributed by atoms with Crippen LogP contribution in [0.25, 0.3) is 0 Å². The van der Waals surface area contributed by atoms with Crippen molar-refractivity contribution in [1.29, 1.82) is 0 Å². The van der Waals surface area contributed by atoms with Crippen LogP contribution >= 0.6 is 11.6 Å². The molecule has 1 heterocycles. The zero-order chi connectivity index (χ0) is 16.2. The average molecular weight is 336 g/mol. The average Bonchev–Trinajstić information content (AvgIpc) is 3.07. The maximum Gasteiger partial charge on any atom is 0.237 e. The van der Waals surface area contributed by atoms with E-state index >= 15 is 0 Å². The molecule has 1 atom stereocenters. The predicted molar refractivity (Wildman–Crippen MR) is 95.1 cm³/mol. The Morgan fingerprint density at radius 1 is 1.22 bits per heavy atom. The molecule has 4 nitrogen and oxygen atoms in total. The Morgan fingerprint density at radius 3 is 2.57 bits per heavy atom. The topological polar surface area (TPSA) is 35.6 Å². The Labute approximate surface area is 143 Å². The summed E-state index contributed by atoms with van der Waals surface area (Å²) in [6.07, 6.45) is 4.78. The third-order valence-electron chi connectivity index (χ3n) is 5.12. The SMILES string of the molecule is C[C@H](C(=O)NC1CCCC1)N1CCN(c2cccc(Cl)c2)CC1. The Bertz CT molecular complexity index is 537. The normalized spacial score (nSPS) is 21.4. The second-order valence-corrected chi connectivity index (χ2v) is 7.11. The highest BCUT2D eigenvalue weighted by Gasteiger charge is 2.27. The van der Waals surface area contributed by atoms with E-state index in [0.717, 1.165) is 44.0 Å². The van der Waals surface area contributed by atoms with Gasteiger partial charge in [-0.05, 0) is 38.0 Å². The van der Waals surface area contributed by atoms with Gasteiger partial charge in [0.15, 0.2) is 0 Å². The molecule has 126 valence electrons. The fourth-order valence-corrected chi connectivity index (χ4v) is 3.78. The van der Waals surface area contributed by atoms with Crippen molar-refractivity contribution in [2.75, 3.05) is 31.1 Å². The summed E-state index contributed by atoms with van der Waals surface area (Å²) in [7, 11) is 0. The molecule has 1 aliphatic heterocycles. The Hall–Kier alpha value is -1.26. The fraction of sp³-hybridized carbons (Fsp3) is 0.611. The van der Waals surface area contributed by atoms with Crippen molar-refractivity contribution in [2.45, 2.75) is 44.7 Å². The number of nitrogens with zero attached hydrogens (tertiary/aromatic N) is 2. The van der Waals surface area contributed by atoms with Crippen LogP contribution in [0.3, 0.4) is 0 Å². The smallest absolute Gasteiger partial charge is 0.237 e. The maximum absolute atomic E-state index is 12.4. The third kappa shape index (κ3) is 4.18. The number of hydrogen-bond donors (Lipinski definition) is 1. The number of carbonyl (C=O) groups excluding carboxylic acids is 1. The number of nitrogens with one attached hydrogen (secondary N) is 1. The van der Waals surface area contributed by atoms with E-state index in [1.165, 1.54) is 18.5 Å². The first kappa shape index (κ1) is 16.6. The summed E-state index contributed by atoms with van der Waals surface area (Å²) in [5.41, 5.74) is 1.17. The Balaban J connectivity index is 1.50. The highest BCUT2D eigenvalue weighted by atomic mass is 35.5. The number of piperazine rings is 1. The molecule has 5 heteroatoms. The molecule has 3 rings (SSSR count). The van der Waals surface area contributed by atoms with Crippen LogP contribution in [0.15, 0.2) is 24.3 Å². The lowest BCUT2D eigenvalue weighted by Crippen LogP contribution is -2.54. The van der Waals surface area contributed by atoms with E-state index in [4.69, 9.17) is 11.6 Å². The molecule has 1 aromatic rings. The van der Waals surface area contributed by atoms with Gasteiger partial charge < -0.3 is 10.2 Å². The van der Waals surface area contributed by atoms with E-state index in [-0.39, 0.29) is 11.9 Å². The minimum absolute atomic E-state index is 0.0443. The van der Waals surface area contributed by atoms with Gasteiger partial charge in [-0.25, -0.2) is 0 Å². The standard InChI is InChI=1S/C18H26ClN3O/c1-14(18(23)20-16-6-2-3-7-16)21-9-11-22(12-10-21)17-8-4-5-15(19)13-17/h4-5,8,13-14,16H,2-3,6-7,9-12H2,1H3,(H,20,23)/t14-/m1/s1. The molecule has 1 saturated carbocycles. The first-order valence-corrected chi connectivity index (χ1v) is 9.06. The van der Waals surface area contributed by atoms with Crippen molar-refractivity contribution in [3.8, 4) is 0 Å². The van der Waals surface area contributed by atoms with E-state index in [1.807, 2.05) is 25.1 Å². The van der Waals surface area contributed by atoms with E-state index in [0.29, 0.717) is 6.04 Å². The first-order valence-electron chi connectivity index (χ1n) is 8.68. The lowest BCUT2D eigenvalue weighted by molar-refractivity contribution is -0.126. The monoisotopic (exact) mass is 335 g/mol. The van der Waals surface area contributed by atoms with Crippen molar-refractivity contribution >= 4 is 23.2 Å². The summed E-state index contributed by atoms with van der Waals surface area (Å²) in [6.45, 7) is 5.71. The van der Waals surface area contributed by atoms with E-state index in [2.05, 4.69) is 21.2 Å². The number of rotatable bonds is 4. The van der Waals surface area contributed by atoms with Gasteiger partial charge in [0.05, 0.1) is 6.04 Å². The van der Waals surface area contributed by atoms with Gasteiger partial charge >= 0.3 is 0 Å². The molecule has 2 aliphatic rings. The van der Waals surface area contributed by atoms with Gasteiger partial charge in [-0.2, -0.15) is 0 Å². The van der Waals surface area contributed by atoms with Crippen LogP contribution in [0.2, 0.25) is 5.02 Å². The fourth-order valence-electron chi connectivity index (χ4n) is 3.60. The van der Waals surface area contributed by atoms with Crippen molar-refractivity contribution in [3.05, 3.63) is 29.3 Å². The van der Waals surface area contributed by atoms with Gasteiger partial charge in [-0.1, -0.05) is 30.5 Å². The largest absolute Gasteiger partial charge is 0.369 e. The van der Waals surface area contributed by atoms with Crippen LogP contribution < -0.4 is 10.2 Å². The van der Waals surface area contributed by atoms with Gasteiger partial charge in [-0.3, -0.25) is 9.69 Å². The summed E-state index contributed by atoms with van der Waals surface area (Å²) < 4.78 is 0. The number of anilines is 1. The maximum atomic E-state index is 12.4. The molecule has 0 aromatic heterocycles. The third-order valence-corrected chi connectivity index (χ3v) is 5.35. The van der Waals surface area contributed by atoms with Crippen LogP contribution in [-0.2, 0) is 4.79 Å². The summed E-state index contributed by atoms with van der Waals surface area (Å²) in [4.78, 5) is 17.0. The second kappa shape index (κ2) is 7.54. The molecule has 0 radical (unpaired) electrons. The van der Waals surface area contributed by atoms with Crippen LogP contribution in [0.4, 0.5) is 5.69 Å². The molecule has 1 saturated heterocycles. The molecular weight excluding hydrogens is 310 g/mol. The number of amides is 1. The molecule has 0 spiro atoms. The van der Waals surface area contributed by atoms with Crippen LogP contribution in [0.1, 0.15) is 32.6 Å². The quantitative estimate of drug-likeness (QED) is 0.919. The first-order chi connectivity index (χ1) is 11.1. The molecule has 1 N–H and O–H groups in total. The second-order valence-electron chi connectivity index (χ2n) is 6.67. The van der Waals surface area contributed by atoms with Crippen LogP contribution in [-0.4, -0.2) is 49.1 Å². The summed E-state index contributed by atoms with van der Waals surface area (Å²) >= 11 is 6.08. The number of hydrogen-bond acceptors (Lipinski definition) is 3. The Kier molecular flexibility index (Phi) is 5.44. The van der Waals surface area contributed by atoms with Gasteiger partial charge in [0.1, 0.15) is 0 Å². The molecule has 1 aliphatic carbocycles. The van der Waals surface area contributed by atoms with Crippen molar-refractivity contribution in [2.24, 2.45) is 0 Å². The highest BCUT2D eigenvalue weighted by molar-refractivity contribution is 6.30. The minimum Gasteiger partial charge on any atom is -0.369 e. The van der Waals surface area contributed by atoms with Crippen molar-refractivity contribution < 1.29 is 4.79 Å². The van der Waals surface area contributed by atoms with Crippen molar-refractivity contribution in [1.82, 2.24) is 10.2 Å². The molecular formula is C18H26ClN3O. The zero-order valence-corrected chi connectivity index (χ0v) is 14.6. The lowest BCUT2D eigenvalue weighted by atomic mass is 10.1. The highest BCUT2D eigenvalue weighted by Crippen LogP contribution is 2.22.